The zero-order chi connectivity index (χ0) is 105. The SMILES string of the molecule is Cc1cc(C)c(C)c(-c2c(-c3ccc(C(C)C)cn3)c3ccccc3c[n+]2C)c1.Cc1cc(C)c(C)c(-c2c(-c3ccc(C4CCCC4)cn3)c3ccccc3c[n+]2C)c1.Cc1cc(C)c(C)c(-c2c(-c3ccc(CC(C)(C)C)cn3)c3ccccc3c[n+]2C)c1.Cc1cc(C)c(C)c(-c2c(-c3ccc(CC(C)C)cn3)c3ccccc3c[n+]2C)c1.Cc1ccc(-c2c(-c3cc(C)cc(C)c3C)[n+](C)cc3ccccc23)nc1. The predicted octanol–water partition coefficient (Wildman–Crippen LogP) is 32.5. The third kappa shape index (κ3) is 22.5. The lowest BCUT2D eigenvalue weighted by Crippen LogP contribution is -2.32. The van der Waals surface area contributed by atoms with E-state index in [0.29, 0.717) is 17.8 Å². The molecule has 0 unspecified atom stereocenters. The fraction of sp³-hybridized carbons (Fsp3) is 0.275. The minimum Gasteiger partial charge on any atom is -0.256 e. The standard InChI is InChI=1S/C29H31N2.C29H33N2.C28H31N2.C27H29N2.C25H25N2/c1-19-15-20(2)21(3)26(16-19)29-28(25-12-8-7-11-24(25)18-31(29)4)27-14-13-23(17-30-27)22-9-5-6-10-22;1-19-14-20(2)21(3)25(15-19)28-27(24-11-9-8-10-23(24)18-31(28)7)26-13-12-22(17-30-26)16-29(4,5)6;1-18(2)13-22-11-12-26(29-16-22)27-24-10-8-7-9-23(24)17-30(6)28(27)25-15-19(3)14-20(4)21(25)5;1-17(2)21-11-12-25(28-15-21)26-23-10-8-7-9-22(23)16-29(6)27(26)24-14-18(3)13-19(4)20(24)5;1-16-10-11-23(26-14-16)24-21-9-7-6-8-20(21)15-27(5)25(24)22-13-17(2)12-18(3)19(22)4/h7-8,11-18,22H,5-6,9-10H2,1-4H3;8-15,17-18H,16H2,1-7H3;7-12,14-18H,13H2,1-6H3;7-17H,1-6H3;6-15H,1-5H3/q5*+1. The maximum Gasteiger partial charge on any atom is 0.222 e. The first kappa shape index (κ1) is 104. The summed E-state index contributed by atoms with van der Waals surface area (Å²) in [5, 5.41) is 12.4. The first-order chi connectivity index (χ1) is 70.8. The molecule has 0 amide bonds. The zero-order valence-electron chi connectivity index (χ0n) is 92.8. The van der Waals surface area contributed by atoms with Gasteiger partial charge in [-0.2, -0.15) is 22.8 Å². The van der Waals surface area contributed by atoms with Crippen LogP contribution in [0.5, 0.6) is 0 Å². The summed E-state index contributed by atoms with van der Waals surface area (Å²) in [5.41, 5.74) is 50.1. The second kappa shape index (κ2) is 44.4. The van der Waals surface area contributed by atoms with Gasteiger partial charge in [-0.15, -0.1) is 0 Å². The second-order valence-corrected chi connectivity index (χ2v) is 44.3. The summed E-state index contributed by atoms with van der Waals surface area (Å²) >= 11 is 0. The molecule has 0 saturated heterocycles. The van der Waals surface area contributed by atoms with Crippen LogP contribution in [-0.2, 0) is 48.1 Å². The largest absolute Gasteiger partial charge is 0.256 e. The smallest absolute Gasteiger partial charge is 0.222 e. The fourth-order valence-corrected chi connectivity index (χ4v) is 22.4. The van der Waals surface area contributed by atoms with E-state index >= 15 is 0 Å². The summed E-state index contributed by atoms with van der Waals surface area (Å²) in [6.45, 7) is 50.8. The molecule has 0 N–H and O–H groups in total. The van der Waals surface area contributed by atoms with Gasteiger partial charge in [0, 0.05) is 84.8 Å². The van der Waals surface area contributed by atoms with Gasteiger partial charge >= 0.3 is 0 Å². The maximum absolute atomic E-state index is 5.03. The molecule has 1 fully saturated rings. The highest BCUT2D eigenvalue weighted by molar-refractivity contribution is 6.06. The number of pyridine rings is 10. The van der Waals surface area contributed by atoms with Crippen molar-refractivity contribution in [1.82, 2.24) is 24.9 Å². The molecule has 0 bridgehead atoms. The van der Waals surface area contributed by atoms with Gasteiger partial charge in [0.1, 0.15) is 35.2 Å². The van der Waals surface area contributed by atoms with Gasteiger partial charge in [0.2, 0.25) is 28.5 Å². The number of hydrogen-bond acceptors (Lipinski definition) is 5. The van der Waals surface area contributed by atoms with E-state index in [1.807, 2.05) is 12.4 Å². The molecule has 1 saturated carbocycles. The lowest BCUT2D eigenvalue weighted by Gasteiger charge is -2.18. The predicted molar refractivity (Wildman–Crippen MR) is 622 cm³/mol. The van der Waals surface area contributed by atoms with Gasteiger partial charge in [-0.05, 0) is 334 Å². The van der Waals surface area contributed by atoms with Crippen LogP contribution in [0.4, 0.5) is 0 Å². The molecular formula is C138H149N10+5. The van der Waals surface area contributed by atoms with Crippen molar-refractivity contribution in [3.05, 3.63) is 416 Å². The third-order valence-corrected chi connectivity index (χ3v) is 30.4. The van der Waals surface area contributed by atoms with E-state index in [9.17, 15) is 0 Å². The lowest BCUT2D eigenvalue weighted by atomic mass is 9.88. The molecule has 148 heavy (non-hydrogen) atoms. The first-order valence-corrected chi connectivity index (χ1v) is 53.1. The number of aromatic nitrogens is 10. The Balaban J connectivity index is 0.000000126. The molecule has 21 rings (SSSR count). The van der Waals surface area contributed by atoms with Gasteiger partial charge in [0.15, 0.2) is 31.0 Å². The molecule has 10 aromatic carbocycles. The Bertz CT molecular complexity index is 8380. The van der Waals surface area contributed by atoms with Crippen LogP contribution in [0.3, 0.4) is 0 Å². The van der Waals surface area contributed by atoms with E-state index in [0.717, 1.165) is 41.3 Å². The Kier molecular flexibility index (Phi) is 31.3. The summed E-state index contributed by atoms with van der Waals surface area (Å²) in [7, 11) is 10.7. The van der Waals surface area contributed by atoms with Crippen LogP contribution in [0.1, 0.15) is 197 Å². The quantitative estimate of drug-likeness (QED) is 0.0955. The van der Waals surface area contributed by atoms with Crippen LogP contribution in [0.15, 0.2) is 305 Å². The van der Waals surface area contributed by atoms with Gasteiger partial charge in [-0.1, -0.05) is 241 Å². The van der Waals surface area contributed by atoms with Crippen molar-refractivity contribution in [3.63, 3.8) is 0 Å². The Labute approximate surface area is 880 Å². The summed E-state index contributed by atoms with van der Waals surface area (Å²) in [6, 6.07) is 88.1. The molecule has 10 nitrogen and oxygen atoms in total. The number of hydrogen-bond donors (Lipinski definition) is 0. The molecule has 0 radical (unpaired) electrons. The van der Waals surface area contributed by atoms with Crippen molar-refractivity contribution < 1.29 is 22.8 Å². The summed E-state index contributed by atoms with van der Waals surface area (Å²) in [5.74, 6) is 1.79. The van der Waals surface area contributed by atoms with Gasteiger partial charge in [0.05, 0.1) is 84.1 Å². The van der Waals surface area contributed by atoms with Crippen LogP contribution in [0, 0.1) is 122 Å². The fourth-order valence-electron chi connectivity index (χ4n) is 22.4. The highest BCUT2D eigenvalue weighted by atomic mass is 15.0. The molecule has 0 aliphatic heterocycles. The molecule has 1 aliphatic carbocycles. The van der Waals surface area contributed by atoms with Crippen LogP contribution >= 0.6 is 0 Å². The minimum absolute atomic E-state index is 0.246. The average molecular weight is 1950 g/mol. The zero-order valence-corrected chi connectivity index (χ0v) is 92.8. The van der Waals surface area contributed by atoms with E-state index in [2.05, 4.69) is 510 Å². The summed E-state index contributed by atoms with van der Waals surface area (Å²) < 4.78 is 11.3. The monoisotopic (exact) mass is 1950 g/mol. The Hall–Kier alpha value is -15.0. The molecule has 746 valence electrons. The molecule has 0 spiro atoms. The number of nitrogens with zero attached hydrogens (tertiary/aromatic N) is 10. The highest BCUT2D eigenvalue weighted by Crippen LogP contribution is 2.46. The van der Waals surface area contributed by atoms with Crippen LogP contribution < -0.4 is 22.8 Å². The highest BCUT2D eigenvalue weighted by Gasteiger charge is 2.33. The van der Waals surface area contributed by atoms with Crippen LogP contribution in [-0.4, -0.2) is 24.9 Å². The van der Waals surface area contributed by atoms with E-state index in [-0.39, 0.29) is 5.41 Å². The van der Waals surface area contributed by atoms with Gasteiger partial charge in [-0.3, -0.25) is 24.9 Å². The molecule has 20 aromatic rings. The Morgan fingerprint density at radius 3 is 0.784 bits per heavy atom. The van der Waals surface area contributed by atoms with E-state index in [4.69, 9.17) is 24.9 Å². The third-order valence-electron chi connectivity index (χ3n) is 30.4. The van der Waals surface area contributed by atoms with Crippen molar-refractivity contribution in [2.24, 2.45) is 46.6 Å². The van der Waals surface area contributed by atoms with E-state index in [1.54, 1.807) is 0 Å². The van der Waals surface area contributed by atoms with E-state index in [1.165, 1.54) is 275 Å². The van der Waals surface area contributed by atoms with E-state index < -0.39 is 0 Å². The van der Waals surface area contributed by atoms with Gasteiger partial charge in [0.25, 0.3) is 0 Å². The number of fused-ring (bicyclic) bond motifs is 5. The maximum atomic E-state index is 5.03. The Morgan fingerprint density at radius 1 is 0.277 bits per heavy atom. The molecule has 1 aliphatic rings. The van der Waals surface area contributed by atoms with Gasteiger partial charge < -0.3 is 0 Å². The minimum atomic E-state index is 0.246. The molecular weight excluding hydrogens is 1800 g/mol. The molecule has 10 heterocycles. The molecule has 10 heteroatoms. The number of aryl methyl sites for hydroxylation is 16. The number of benzene rings is 10. The first-order valence-electron chi connectivity index (χ1n) is 53.1. The van der Waals surface area contributed by atoms with Crippen molar-refractivity contribution in [2.45, 2.75) is 210 Å². The number of rotatable bonds is 15. The summed E-state index contributed by atoms with van der Waals surface area (Å²) in [4.78, 5) is 24.6. The topological polar surface area (TPSA) is 83.8 Å². The molecule has 10 aromatic heterocycles. The van der Waals surface area contributed by atoms with Crippen LogP contribution in [0.2, 0.25) is 0 Å². The van der Waals surface area contributed by atoms with Crippen molar-refractivity contribution in [1.29, 1.82) is 0 Å². The summed E-state index contributed by atoms with van der Waals surface area (Å²) in [6.07, 6.45) is 28.8. The average Bonchev–Trinajstić information content (AvgIpc) is 1.01. The van der Waals surface area contributed by atoms with Crippen molar-refractivity contribution in [2.75, 3.05) is 0 Å². The van der Waals surface area contributed by atoms with Crippen LogP contribution in [0.25, 0.3) is 166 Å². The molecule has 0 atom stereocenters. The second-order valence-electron chi connectivity index (χ2n) is 44.3. The van der Waals surface area contributed by atoms with Crippen molar-refractivity contribution in [3.8, 4) is 113 Å². The van der Waals surface area contributed by atoms with Gasteiger partial charge in [-0.25, -0.2) is 0 Å². The lowest BCUT2D eigenvalue weighted by molar-refractivity contribution is -0.658. The van der Waals surface area contributed by atoms with Crippen molar-refractivity contribution >= 4 is 53.9 Å². The normalized spacial score (nSPS) is 12.1. The Morgan fingerprint density at radius 2 is 0.541 bits per heavy atom.